The average molecular weight is 164 g/mol. The van der Waals surface area contributed by atoms with E-state index >= 15 is 0 Å². The summed E-state index contributed by atoms with van der Waals surface area (Å²) in [5.74, 6) is -0.345. The van der Waals surface area contributed by atoms with Crippen molar-refractivity contribution in [2.24, 2.45) is 11.5 Å². The minimum Gasteiger partial charge on any atom is -0.465 e. The zero-order valence-electron chi connectivity index (χ0n) is 7.89. The Labute approximate surface area is 68.9 Å². The highest BCUT2D eigenvalue weighted by Gasteiger charge is 1.91. The Morgan fingerprint density at radius 1 is 1.36 bits per heavy atom. The molecule has 4 nitrogen and oxygen atoms in total. The second kappa shape index (κ2) is 22.8. The van der Waals surface area contributed by atoms with Gasteiger partial charge >= 0.3 is 5.97 Å². The van der Waals surface area contributed by atoms with Crippen molar-refractivity contribution in [1.29, 1.82) is 0 Å². The summed E-state index contributed by atoms with van der Waals surface area (Å²) < 4.78 is 4.43. The van der Waals surface area contributed by atoms with Crippen LogP contribution in [0, 0.1) is 0 Å². The first-order chi connectivity index (χ1) is 5.31. The van der Waals surface area contributed by atoms with Crippen LogP contribution in [0.1, 0.15) is 20.8 Å². The van der Waals surface area contributed by atoms with Crippen LogP contribution in [0.4, 0.5) is 0 Å². The lowest BCUT2D eigenvalue weighted by molar-refractivity contribution is -0.141. The molecule has 4 N–H and O–H groups in total. The number of nitrogens with two attached hydrogens (primary N) is 2. The van der Waals surface area contributed by atoms with E-state index in [2.05, 4.69) is 10.5 Å². The van der Waals surface area contributed by atoms with Crippen LogP contribution in [-0.4, -0.2) is 26.2 Å². The summed E-state index contributed by atoms with van der Waals surface area (Å²) in [6.07, 6.45) is 0. The van der Waals surface area contributed by atoms with E-state index in [-0.39, 0.29) is 12.5 Å². The highest BCUT2D eigenvalue weighted by atomic mass is 16.5. The first kappa shape index (κ1) is 16.8. The first-order valence-electron chi connectivity index (χ1n) is 3.74. The van der Waals surface area contributed by atoms with Crippen LogP contribution in [0.15, 0.2) is 0 Å². The lowest BCUT2D eigenvalue weighted by Crippen LogP contribution is -2.16. The van der Waals surface area contributed by atoms with Gasteiger partial charge in [0.1, 0.15) is 0 Å². The minimum absolute atomic E-state index is 0.0200. The number of carbonyl (C=O) groups excluding carboxylic acids is 1. The molecular formula is C7H20N2O2. The SMILES string of the molecule is CC.CCOC(=O)CN.CN. The van der Waals surface area contributed by atoms with E-state index in [1.54, 1.807) is 6.92 Å². The van der Waals surface area contributed by atoms with Gasteiger partial charge in [-0.1, -0.05) is 13.8 Å². The van der Waals surface area contributed by atoms with E-state index < -0.39 is 0 Å². The van der Waals surface area contributed by atoms with E-state index in [9.17, 15) is 4.79 Å². The molecule has 0 atom stereocenters. The van der Waals surface area contributed by atoms with Crippen LogP contribution < -0.4 is 11.5 Å². The Balaban J connectivity index is -0.000000138. The summed E-state index contributed by atoms with van der Waals surface area (Å²) >= 11 is 0. The molecule has 0 aliphatic heterocycles. The molecule has 0 saturated heterocycles. The molecule has 0 heterocycles. The van der Waals surface area contributed by atoms with Crippen LogP contribution in [-0.2, 0) is 9.53 Å². The predicted octanol–water partition coefficient (Wildman–Crippen LogP) is 0.109. The van der Waals surface area contributed by atoms with Crippen molar-refractivity contribution in [3.05, 3.63) is 0 Å². The number of hydrogen-bond acceptors (Lipinski definition) is 4. The highest BCUT2D eigenvalue weighted by molar-refractivity contribution is 5.71. The van der Waals surface area contributed by atoms with Crippen molar-refractivity contribution in [3.63, 3.8) is 0 Å². The van der Waals surface area contributed by atoms with Gasteiger partial charge in [-0.05, 0) is 14.0 Å². The maximum Gasteiger partial charge on any atom is 0.319 e. The molecule has 0 fully saturated rings. The summed E-state index contributed by atoms with van der Waals surface area (Å²) in [5, 5.41) is 0. The molecule has 0 amide bonds. The normalized spacial score (nSPS) is 6.36. The van der Waals surface area contributed by atoms with E-state index in [4.69, 9.17) is 5.73 Å². The Hall–Kier alpha value is -0.610. The maximum atomic E-state index is 10.1. The molecule has 0 radical (unpaired) electrons. The van der Waals surface area contributed by atoms with E-state index in [1.165, 1.54) is 7.05 Å². The van der Waals surface area contributed by atoms with Crippen LogP contribution in [0.2, 0.25) is 0 Å². The molecule has 0 saturated carbocycles. The first-order valence-corrected chi connectivity index (χ1v) is 3.74. The molecule has 0 unspecified atom stereocenters. The molecule has 4 heteroatoms. The zero-order valence-corrected chi connectivity index (χ0v) is 7.89. The summed E-state index contributed by atoms with van der Waals surface area (Å²) in [6.45, 7) is 6.14. The van der Waals surface area contributed by atoms with Crippen LogP contribution in [0.25, 0.3) is 0 Å². The van der Waals surface area contributed by atoms with Crippen molar-refractivity contribution < 1.29 is 9.53 Å². The summed E-state index contributed by atoms with van der Waals surface area (Å²) in [4.78, 5) is 10.1. The van der Waals surface area contributed by atoms with Gasteiger partial charge in [-0.3, -0.25) is 4.79 Å². The molecule has 0 spiro atoms. The van der Waals surface area contributed by atoms with Gasteiger partial charge in [0.05, 0.1) is 13.2 Å². The topological polar surface area (TPSA) is 78.3 Å². The van der Waals surface area contributed by atoms with Crippen LogP contribution >= 0.6 is 0 Å². The number of carbonyl (C=O) groups is 1. The van der Waals surface area contributed by atoms with Crippen molar-refractivity contribution in [2.45, 2.75) is 20.8 Å². The Morgan fingerprint density at radius 3 is 1.82 bits per heavy atom. The van der Waals surface area contributed by atoms with Gasteiger partial charge in [0.25, 0.3) is 0 Å². The third kappa shape index (κ3) is 26.6. The Bertz CT molecular complexity index is 67.5. The molecular weight excluding hydrogens is 144 g/mol. The monoisotopic (exact) mass is 164 g/mol. The minimum atomic E-state index is -0.345. The van der Waals surface area contributed by atoms with Crippen molar-refractivity contribution >= 4 is 5.97 Å². The second-order valence-corrected chi connectivity index (χ2v) is 1.01. The zero-order chi connectivity index (χ0) is 9.70. The number of esters is 1. The molecule has 0 aliphatic carbocycles. The quantitative estimate of drug-likeness (QED) is 0.568. The Morgan fingerprint density at radius 2 is 1.73 bits per heavy atom. The maximum absolute atomic E-state index is 10.1. The third-order valence-corrected chi connectivity index (χ3v) is 0.472. The van der Waals surface area contributed by atoms with Crippen molar-refractivity contribution in [1.82, 2.24) is 0 Å². The fourth-order valence-corrected chi connectivity index (χ4v) is 0.220. The summed E-state index contributed by atoms with van der Waals surface area (Å²) in [7, 11) is 1.50. The number of ether oxygens (including phenoxy) is 1. The standard InChI is InChI=1S/C4H9NO2.C2H6.CH5N/c1-2-7-4(6)3-5;2*1-2/h2-3,5H2,1H3;1-2H3;2H2,1H3. The van der Waals surface area contributed by atoms with Gasteiger partial charge in [-0.25, -0.2) is 0 Å². The van der Waals surface area contributed by atoms with Crippen molar-refractivity contribution in [3.8, 4) is 0 Å². The fourth-order valence-electron chi connectivity index (χ4n) is 0.220. The van der Waals surface area contributed by atoms with Gasteiger partial charge < -0.3 is 16.2 Å². The van der Waals surface area contributed by atoms with Gasteiger partial charge in [-0.15, -0.1) is 0 Å². The van der Waals surface area contributed by atoms with Crippen LogP contribution in [0.5, 0.6) is 0 Å². The largest absolute Gasteiger partial charge is 0.465 e. The summed E-state index contributed by atoms with van der Waals surface area (Å²) in [6, 6.07) is 0. The smallest absolute Gasteiger partial charge is 0.319 e. The lowest BCUT2D eigenvalue weighted by Gasteiger charge is -1.93. The van der Waals surface area contributed by atoms with Gasteiger partial charge in [0, 0.05) is 0 Å². The van der Waals surface area contributed by atoms with E-state index in [1.807, 2.05) is 13.8 Å². The highest BCUT2D eigenvalue weighted by Crippen LogP contribution is 1.69. The van der Waals surface area contributed by atoms with Gasteiger partial charge in [0.15, 0.2) is 0 Å². The fraction of sp³-hybridized carbons (Fsp3) is 0.857. The number of rotatable bonds is 2. The molecule has 0 aromatic rings. The molecule has 0 rings (SSSR count). The van der Waals surface area contributed by atoms with E-state index in [0.29, 0.717) is 6.61 Å². The molecule has 0 aromatic heterocycles. The van der Waals surface area contributed by atoms with Gasteiger partial charge in [-0.2, -0.15) is 0 Å². The van der Waals surface area contributed by atoms with Crippen LogP contribution in [0.3, 0.4) is 0 Å². The van der Waals surface area contributed by atoms with Crippen molar-refractivity contribution in [2.75, 3.05) is 20.2 Å². The molecule has 0 bridgehead atoms. The molecule has 0 aliphatic rings. The molecule has 11 heavy (non-hydrogen) atoms. The predicted molar refractivity (Wildman–Crippen MR) is 47.1 cm³/mol. The molecule has 70 valence electrons. The van der Waals surface area contributed by atoms with E-state index in [0.717, 1.165) is 0 Å². The summed E-state index contributed by atoms with van der Waals surface area (Å²) in [5.41, 5.74) is 9.38. The lowest BCUT2D eigenvalue weighted by atomic mass is 10.7. The molecule has 0 aromatic carbocycles. The van der Waals surface area contributed by atoms with Gasteiger partial charge in [0.2, 0.25) is 0 Å². The Kier molecular flexibility index (Phi) is 34.7. The number of hydrogen-bond donors (Lipinski definition) is 2. The average Bonchev–Trinajstić information content (AvgIpc) is 2.12. The third-order valence-electron chi connectivity index (χ3n) is 0.472. The second-order valence-electron chi connectivity index (χ2n) is 1.01.